The van der Waals surface area contributed by atoms with Crippen molar-refractivity contribution in [2.75, 3.05) is 13.7 Å². The molecule has 0 saturated heterocycles. The van der Waals surface area contributed by atoms with E-state index < -0.39 is 10.1 Å². The largest absolute Gasteiger partial charge is 0.493 e. The summed E-state index contributed by atoms with van der Waals surface area (Å²) in [5.74, 6) is 0.336. The minimum absolute atomic E-state index is 0.0653. The van der Waals surface area contributed by atoms with Crippen LogP contribution >= 0.6 is 12.2 Å². The third kappa shape index (κ3) is 6.07. The number of hydrogen-bond acceptors (Lipinski definition) is 6. The predicted molar refractivity (Wildman–Crippen MR) is 114 cm³/mol. The topological polar surface area (TPSA) is 89.0 Å². The summed E-state index contributed by atoms with van der Waals surface area (Å²) < 4.78 is 35.4. The highest BCUT2D eigenvalue weighted by Crippen LogP contribution is 2.30. The minimum Gasteiger partial charge on any atom is -0.493 e. The van der Waals surface area contributed by atoms with Crippen LogP contribution in [0.2, 0.25) is 0 Å². The molecule has 9 heteroatoms. The van der Waals surface area contributed by atoms with Gasteiger partial charge in [-0.2, -0.15) is 13.5 Å². The highest BCUT2D eigenvalue weighted by Gasteiger charge is 2.19. The molecule has 0 fully saturated rings. The van der Waals surface area contributed by atoms with Crippen LogP contribution in [0.15, 0.2) is 65.1 Å². The molecule has 0 aliphatic heterocycles. The van der Waals surface area contributed by atoms with Crippen LogP contribution in [0.4, 0.5) is 0 Å². The smallest absolute Gasteiger partial charge is 0.339 e. The highest BCUT2D eigenvalue weighted by atomic mass is 32.2. The van der Waals surface area contributed by atoms with E-state index in [4.69, 9.17) is 21.1 Å². The summed E-state index contributed by atoms with van der Waals surface area (Å²) in [6.45, 7) is 5.98. The zero-order valence-corrected chi connectivity index (χ0v) is 17.1. The lowest BCUT2D eigenvalue weighted by Gasteiger charge is -2.11. The summed E-state index contributed by atoms with van der Waals surface area (Å²) in [6, 6.07) is 11.1. The molecule has 0 saturated carbocycles. The van der Waals surface area contributed by atoms with E-state index in [1.165, 1.54) is 31.5 Å². The van der Waals surface area contributed by atoms with Gasteiger partial charge >= 0.3 is 10.1 Å². The van der Waals surface area contributed by atoms with Gasteiger partial charge in [-0.3, -0.25) is 5.43 Å². The van der Waals surface area contributed by atoms with Crippen LogP contribution < -0.4 is 19.7 Å². The number of rotatable bonds is 8. The monoisotopic (exact) mass is 419 g/mol. The van der Waals surface area contributed by atoms with E-state index in [0.717, 1.165) is 5.56 Å². The van der Waals surface area contributed by atoms with Gasteiger partial charge in [0.1, 0.15) is 4.90 Å². The van der Waals surface area contributed by atoms with Gasteiger partial charge in [0.05, 0.1) is 13.3 Å². The molecule has 0 unspecified atom stereocenters. The Morgan fingerprint density at radius 1 is 1.21 bits per heavy atom. The fourth-order valence-corrected chi connectivity index (χ4v) is 3.15. The van der Waals surface area contributed by atoms with Crippen LogP contribution in [0.5, 0.6) is 11.5 Å². The average molecular weight is 420 g/mol. The Hall–Kier alpha value is -2.91. The Morgan fingerprint density at radius 2 is 1.93 bits per heavy atom. The number of ether oxygens (including phenoxy) is 1. The van der Waals surface area contributed by atoms with Crippen molar-refractivity contribution in [1.29, 1.82) is 0 Å². The van der Waals surface area contributed by atoms with Crippen molar-refractivity contribution < 1.29 is 17.3 Å². The lowest BCUT2D eigenvalue weighted by Crippen LogP contribution is -2.31. The number of methoxy groups -OCH3 is 1. The molecule has 0 bridgehead atoms. The van der Waals surface area contributed by atoms with Crippen LogP contribution in [0, 0.1) is 6.92 Å². The molecule has 2 N–H and O–H groups in total. The second-order valence-electron chi connectivity index (χ2n) is 5.63. The lowest BCUT2D eigenvalue weighted by molar-refractivity contribution is 0.390. The van der Waals surface area contributed by atoms with Gasteiger partial charge in [-0.15, -0.1) is 6.58 Å². The summed E-state index contributed by atoms with van der Waals surface area (Å²) in [4.78, 5) is 0.0653. The van der Waals surface area contributed by atoms with Crippen molar-refractivity contribution in [2.45, 2.75) is 11.8 Å². The molecule has 0 aliphatic carbocycles. The molecule has 2 aromatic rings. The third-order valence-electron chi connectivity index (χ3n) is 3.48. The normalized spacial score (nSPS) is 11.1. The van der Waals surface area contributed by atoms with Gasteiger partial charge in [0.15, 0.2) is 16.6 Å². The first kappa shape index (κ1) is 21.4. The molecule has 148 valence electrons. The summed E-state index contributed by atoms with van der Waals surface area (Å²) in [7, 11) is -2.55. The van der Waals surface area contributed by atoms with Crippen molar-refractivity contribution in [3.05, 3.63) is 66.2 Å². The summed E-state index contributed by atoms with van der Waals surface area (Å²) in [6.07, 6.45) is 3.19. The number of benzene rings is 2. The molecule has 0 amide bonds. The predicted octanol–water partition coefficient (Wildman–Crippen LogP) is 2.76. The molecule has 2 aromatic carbocycles. The van der Waals surface area contributed by atoms with Crippen LogP contribution in [0.3, 0.4) is 0 Å². The zero-order chi connectivity index (χ0) is 20.6. The van der Waals surface area contributed by atoms with E-state index in [2.05, 4.69) is 22.4 Å². The number of nitrogens with zero attached hydrogens (tertiary/aromatic N) is 1. The van der Waals surface area contributed by atoms with Gasteiger partial charge in [0.25, 0.3) is 0 Å². The van der Waals surface area contributed by atoms with Gasteiger partial charge in [-0.1, -0.05) is 23.8 Å². The van der Waals surface area contributed by atoms with E-state index in [1.54, 1.807) is 30.3 Å². The van der Waals surface area contributed by atoms with Crippen molar-refractivity contribution in [3.63, 3.8) is 0 Å². The van der Waals surface area contributed by atoms with Crippen LogP contribution in [0.25, 0.3) is 0 Å². The Morgan fingerprint density at radius 3 is 2.57 bits per heavy atom. The van der Waals surface area contributed by atoms with Gasteiger partial charge in [-0.25, -0.2) is 0 Å². The maximum Gasteiger partial charge on any atom is 0.339 e. The quantitative estimate of drug-likeness (QED) is 0.224. The van der Waals surface area contributed by atoms with Crippen molar-refractivity contribution >= 4 is 33.7 Å². The summed E-state index contributed by atoms with van der Waals surface area (Å²) >= 11 is 5.02. The average Bonchev–Trinajstić information content (AvgIpc) is 2.67. The fourth-order valence-electron chi connectivity index (χ4n) is 2.07. The Balaban J connectivity index is 2.13. The number of nitrogens with one attached hydrogen (secondary N) is 2. The second kappa shape index (κ2) is 9.86. The molecule has 0 atom stereocenters. The van der Waals surface area contributed by atoms with E-state index in [1.807, 2.05) is 6.92 Å². The first-order valence-electron chi connectivity index (χ1n) is 8.22. The molecule has 7 nitrogen and oxygen atoms in total. The van der Waals surface area contributed by atoms with E-state index in [0.29, 0.717) is 17.2 Å². The van der Waals surface area contributed by atoms with Crippen LogP contribution in [-0.2, 0) is 10.1 Å². The fraction of sp³-hybridized carbons (Fsp3) is 0.158. The number of thiocarbonyl (C=S) groups is 1. The van der Waals surface area contributed by atoms with E-state index in [-0.39, 0.29) is 16.4 Å². The Bertz CT molecular complexity index is 971. The Kier molecular flexibility index (Phi) is 7.53. The van der Waals surface area contributed by atoms with Crippen LogP contribution in [0.1, 0.15) is 11.1 Å². The van der Waals surface area contributed by atoms with Crippen LogP contribution in [-0.4, -0.2) is 33.4 Å². The number of hydrogen-bond donors (Lipinski definition) is 2. The molecule has 0 aliphatic rings. The maximum atomic E-state index is 12.5. The van der Waals surface area contributed by atoms with E-state index in [9.17, 15) is 8.42 Å². The van der Waals surface area contributed by atoms with Gasteiger partial charge < -0.3 is 14.2 Å². The SMILES string of the molecule is C=CCNC(=S)N/N=C/c1ccc(OS(=O)(=O)c2ccc(C)cc2)c(OC)c1. The van der Waals surface area contributed by atoms with E-state index >= 15 is 0 Å². The number of aryl methyl sites for hydroxylation is 1. The summed E-state index contributed by atoms with van der Waals surface area (Å²) in [5, 5.41) is 7.23. The molecule has 28 heavy (non-hydrogen) atoms. The molecule has 0 radical (unpaired) electrons. The first-order chi connectivity index (χ1) is 13.4. The molecule has 0 heterocycles. The van der Waals surface area contributed by atoms with Gasteiger partial charge in [0.2, 0.25) is 0 Å². The first-order valence-corrected chi connectivity index (χ1v) is 10.0. The second-order valence-corrected chi connectivity index (χ2v) is 7.58. The molecule has 0 spiro atoms. The van der Waals surface area contributed by atoms with Crippen molar-refractivity contribution in [3.8, 4) is 11.5 Å². The van der Waals surface area contributed by atoms with Crippen molar-refractivity contribution in [2.24, 2.45) is 5.10 Å². The number of hydrazone groups is 1. The maximum absolute atomic E-state index is 12.5. The standard InChI is InChI=1S/C19H21N3O4S2/c1-4-11-20-19(27)22-21-13-15-7-10-17(18(12-15)25-3)26-28(23,24)16-8-5-14(2)6-9-16/h4-10,12-13H,1,11H2,2-3H3,(H2,20,22,27)/b21-13+. The summed E-state index contributed by atoms with van der Waals surface area (Å²) in [5.41, 5.74) is 4.27. The van der Waals surface area contributed by atoms with Gasteiger partial charge in [0, 0.05) is 6.54 Å². The van der Waals surface area contributed by atoms with Crippen molar-refractivity contribution in [1.82, 2.24) is 10.7 Å². The molecule has 2 rings (SSSR count). The molecular formula is C19H21N3O4S2. The molecular weight excluding hydrogens is 398 g/mol. The van der Waals surface area contributed by atoms with Gasteiger partial charge in [-0.05, 0) is 55.0 Å². The Labute approximate surface area is 170 Å². The zero-order valence-electron chi connectivity index (χ0n) is 15.5. The highest BCUT2D eigenvalue weighted by molar-refractivity contribution is 7.87. The molecule has 0 aromatic heterocycles. The minimum atomic E-state index is -3.97. The lowest BCUT2D eigenvalue weighted by atomic mass is 10.2. The third-order valence-corrected chi connectivity index (χ3v) is 4.97.